The van der Waals surface area contributed by atoms with E-state index in [1.807, 2.05) is 31.2 Å². The number of thiazole rings is 1. The van der Waals surface area contributed by atoms with E-state index in [0.29, 0.717) is 22.3 Å². The molecule has 0 saturated heterocycles. The van der Waals surface area contributed by atoms with Crippen LogP contribution in [0.2, 0.25) is 10.0 Å². The predicted molar refractivity (Wildman–Crippen MR) is 118 cm³/mol. The first kappa shape index (κ1) is 18.6. The molecule has 0 unspecified atom stereocenters. The molecular weight excluding hydrogens is 427 g/mol. The number of aromatic nitrogens is 3. The van der Waals surface area contributed by atoms with E-state index >= 15 is 0 Å². The molecule has 3 heterocycles. The van der Waals surface area contributed by atoms with Crippen LogP contribution in [-0.4, -0.2) is 20.7 Å². The van der Waals surface area contributed by atoms with Gasteiger partial charge in [0, 0.05) is 17.9 Å². The van der Waals surface area contributed by atoms with Crippen molar-refractivity contribution in [1.29, 1.82) is 0 Å². The normalized spacial score (nSPS) is 16.1. The van der Waals surface area contributed by atoms with Crippen LogP contribution >= 0.6 is 34.5 Å². The van der Waals surface area contributed by atoms with Gasteiger partial charge in [-0.05, 0) is 49.2 Å². The molecule has 0 spiro atoms. The summed E-state index contributed by atoms with van der Waals surface area (Å²) < 4.78 is 2.83. The summed E-state index contributed by atoms with van der Waals surface area (Å²) in [4.78, 5) is 17.3. The van der Waals surface area contributed by atoms with Gasteiger partial charge in [-0.3, -0.25) is 4.79 Å². The Morgan fingerprint density at radius 1 is 1.14 bits per heavy atom. The molecule has 146 valence electrons. The summed E-state index contributed by atoms with van der Waals surface area (Å²) >= 11 is 13.9. The molecule has 5 rings (SSSR count). The highest BCUT2D eigenvalue weighted by Gasteiger charge is 2.33. The molecule has 1 aliphatic heterocycles. The van der Waals surface area contributed by atoms with Crippen LogP contribution in [0.4, 0.5) is 5.82 Å². The molecule has 1 atom stereocenters. The molecule has 4 aromatic rings. The van der Waals surface area contributed by atoms with Crippen molar-refractivity contribution in [1.82, 2.24) is 14.8 Å². The largest absolute Gasteiger partial charge is 0.310 e. The number of rotatable bonds is 2. The van der Waals surface area contributed by atoms with Gasteiger partial charge >= 0.3 is 0 Å². The van der Waals surface area contributed by atoms with Crippen LogP contribution in [0.3, 0.4) is 0 Å². The zero-order valence-electron chi connectivity index (χ0n) is 15.7. The Morgan fingerprint density at radius 2 is 1.97 bits per heavy atom. The molecule has 0 fully saturated rings. The Morgan fingerprint density at radius 3 is 2.76 bits per heavy atom. The van der Waals surface area contributed by atoms with Gasteiger partial charge in [0.15, 0.2) is 0 Å². The number of hydrogen-bond donors (Lipinski definition) is 1. The summed E-state index contributed by atoms with van der Waals surface area (Å²) in [5, 5.41) is 9.42. The molecule has 0 radical (unpaired) electrons. The number of carbonyl (C=O) groups is 1. The van der Waals surface area contributed by atoms with Crippen molar-refractivity contribution in [3.63, 3.8) is 0 Å². The van der Waals surface area contributed by atoms with Crippen LogP contribution in [0.5, 0.6) is 0 Å². The maximum atomic E-state index is 12.5. The van der Waals surface area contributed by atoms with Crippen molar-refractivity contribution in [2.75, 3.05) is 5.32 Å². The standard InChI is InChI=1S/C21H16Cl2N4OS/c1-10-3-6-16-17(7-10)29-21(24-16)27-20-19(11(2)26-27)13(9-18(28)25-20)12-4-5-14(22)15(23)8-12/h3-8,13H,9H2,1-2H3,(H,25,28)/t13-/m1/s1. The van der Waals surface area contributed by atoms with Crippen molar-refractivity contribution < 1.29 is 4.79 Å². The van der Waals surface area contributed by atoms with Crippen molar-refractivity contribution >= 4 is 56.5 Å². The highest BCUT2D eigenvalue weighted by molar-refractivity contribution is 7.20. The zero-order chi connectivity index (χ0) is 20.3. The third kappa shape index (κ3) is 3.12. The minimum absolute atomic E-state index is 0.0633. The molecular formula is C21H16Cl2N4OS. The second-order valence-electron chi connectivity index (χ2n) is 7.21. The summed E-state index contributed by atoms with van der Waals surface area (Å²) in [5.74, 6) is 0.469. The van der Waals surface area contributed by atoms with Crippen LogP contribution in [0.25, 0.3) is 15.3 Å². The number of anilines is 1. The Kier molecular flexibility index (Phi) is 4.38. The van der Waals surface area contributed by atoms with Crippen LogP contribution in [0, 0.1) is 13.8 Å². The van der Waals surface area contributed by atoms with Gasteiger partial charge in [0.25, 0.3) is 0 Å². The molecule has 2 aromatic heterocycles. The summed E-state index contributed by atoms with van der Waals surface area (Å²) in [5.41, 5.74) is 4.88. The molecule has 0 bridgehead atoms. The summed E-state index contributed by atoms with van der Waals surface area (Å²) in [6, 6.07) is 11.7. The molecule has 2 aromatic carbocycles. The average Bonchev–Trinajstić information content (AvgIpc) is 3.24. The number of benzene rings is 2. The van der Waals surface area contributed by atoms with E-state index in [1.165, 1.54) is 5.56 Å². The van der Waals surface area contributed by atoms with E-state index in [2.05, 4.69) is 18.3 Å². The zero-order valence-corrected chi connectivity index (χ0v) is 18.0. The topological polar surface area (TPSA) is 59.8 Å². The first-order chi connectivity index (χ1) is 13.9. The Balaban J connectivity index is 1.67. The van der Waals surface area contributed by atoms with Crippen LogP contribution < -0.4 is 5.32 Å². The van der Waals surface area contributed by atoms with Gasteiger partial charge in [-0.1, -0.05) is 46.7 Å². The summed E-state index contributed by atoms with van der Waals surface area (Å²) in [6.45, 7) is 4.01. The lowest BCUT2D eigenvalue weighted by atomic mass is 9.86. The molecule has 0 aliphatic carbocycles. The second kappa shape index (κ2) is 6.83. The third-order valence-corrected chi connectivity index (χ3v) is 6.90. The predicted octanol–water partition coefficient (Wildman–Crippen LogP) is 5.88. The fourth-order valence-electron chi connectivity index (χ4n) is 3.81. The van der Waals surface area contributed by atoms with Gasteiger partial charge in [-0.2, -0.15) is 9.78 Å². The quantitative estimate of drug-likeness (QED) is 0.421. The maximum Gasteiger partial charge on any atom is 0.226 e. The minimum atomic E-state index is -0.140. The second-order valence-corrected chi connectivity index (χ2v) is 9.03. The lowest BCUT2D eigenvalue weighted by Gasteiger charge is -2.24. The number of halogens is 2. The molecule has 0 saturated carbocycles. The van der Waals surface area contributed by atoms with Crippen molar-refractivity contribution in [2.45, 2.75) is 26.2 Å². The lowest BCUT2D eigenvalue weighted by molar-refractivity contribution is -0.116. The SMILES string of the molecule is Cc1ccc2nc(-n3nc(C)c4c3NC(=O)C[C@@H]4c3ccc(Cl)c(Cl)c3)sc2c1. The van der Waals surface area contributed by atoms with Gasteiger partial charge in [0.2, 0.25) is 11.0 Å². The van der Waals surface area contributed by atoms with Gasteiger partial charge < -0.3 is 5.32 Å². The highest BCUT2D eigenvalue weighted by Crippen LogP contribution is 2.42. The third-order valence-electron chi connectivity index (χ3n) is 5.16. The van der Waals surface area contributed by atoms with Crippen LogP contribution in [0.15, 0.2) is 36.4 Å². The van der Waals surface area contributed by atoms with E-state index in [4.69, 9.17) is 33.3 Å². The first-order valence-corrected chi connectivity index (χ1v) is 10.7. The van der Waals surface area contributed by atoms with Gasteiger partial charge in [0.1, 0.15) is 5.82 Å². The van der Waals surface area contributed by atoms with E-state index in [0.717, 1.165) is 32.2 Å². The number of hydrogen-bond acceptors (Lipinski definition) is 4. The molecule has 29 heavy (non-hydrogen) atoms. The van der Waals surface area contributed by atoms with E-state index in [1.54, 1.807) is 22.1 Å². The van der Waals surface area contributed by atoms with Crippen molar-refractivity contribution in [3.05, 3.63) is 68.8 Å². The maximum absolute atomic E-state index is 12.5. The fraction of sp³-hybridized carbons (Fsp3) is 0.190. The van der Waals surface area contributed by atoms with Crippen molar-refractivity contribution in [3.8, 4) is 5.13 Å². The van der Waals surface area contributed by atoms with Crippen molar-refractivity contribution in [2.24, 2.45) is 0 Å². The number of aryl methyl sites for hydroxylation is 2. The molecule has 8 heteroatoms. The monoisotopic (exact) mass is 442 g/mol. The molecule has 1 aliphatic rings. The fourth-order valence-corrected chi connectivity index (χ4v) is 5.14. The Labute approximate surface area is 181 Å². The number of amides is 1. The minimum Gasteiger partial charge on any atom is -0.310 e. The highest BCUT2D eigenvalue weighted by atomic mass is 35.5. The average molecular weight is 443 g/mol. The number of nitrogens with one attached hydrogen (secondary N) is 1. The number of carbonyl (C=O) groups excluding carboxylic acids is 1. The summed E-state index contributed by atoms with van der Waals surface area (Å²) in [6.07, 6.45) is 0.330. The number of nitrogens with zero attached hydrogens (tertiary/aromatic N) is 3. The Hall–Kier alpha value is -2.41. The molecule has 5 nitrogen and oxygen atoms in total. The van der Waals surface area contributed by atoms with Crippen LogP contribution in [-0.2, 0) is 4.79 Å². The van der Waals surface area contributed by atoms with E-state index in [-0.39, 0.29) is 11.8 Å². The van der Waals surface area contributed by atoms with E-state index < -0.39 is 0 Å². The van der Waals surface area contributed by atoms with Gasteiger partial charge in [0.05, 0.1) is 26.0 Å². The van der Waals surface area contributed by atoms with E-state index in [9.17, 15) is 4.79 Å². The van der Waals surface area contributed by atoms with Crippen LogP contribution in [0.1, 0.15) is 34.7 Å². The Bertz CT molecular complexity index is 1290. The van der Waals surface area contributed by atoms with Gasteiger partial charge in [-0.15, -0.1) is 0 Å². The smallest absolute Gasteiger partial charge is 0.226 e. The summed E-state index contributed by atoms with van der Waals surface area (Å²) in [7, 11) is 0. The van der Waals surface area contributed by atoms with Gasteiger partial charge in [-0.25, -0.2) is 4.98 Å². The molecule has 1 amide bonds. The first-order valence-electron chi connectivity index (χ1n) is 9.12. The molecule has 1 N–H and O–H groups in total. The lowest BCUT2D eigenvalue weighted by Crippen LogP contribution is -2.24. The number of fused-ring (bicyclic) bond motifs is 2.